The summed E-state index contributed by atoms with van der Waals surface area (Å²) in [5.41, 5.74) is 2.66. The van der Waals surface area contributed by atoms with Crippen LogP contribution >= 0.6 is 0 Å². The van der Waals surface area contributed by atoms with Gasteiger partial charge < -0.3 is 5.32 Å². The molecule has 0 fully saturated rings. The molecule has 0 aliphatic rings. The number of hydrogen-bond acceptors (Lipinski definition) is 3. The highest BCUT2D eigenvalue weighted by atomic mass is 14.9. The van der Waals surface area contributed by atoms with E-state index in [1.165, 1.54) is 0 Å². The molecule has 0 aliphatic heterocycles. The third-order valence-corrected chi connectivity index (χ3v) is 2.75. The standard InChI is InChI=1S/C13H19N3/c1-4-10(3)15-8-11-6-12(7-14)13(5-2)16-9-11/h6,9-10,15H,4-5,8H2,1-3H3/t10-/m1/s1. The van der Waals surface area contributed by atoms with Crippen molar-refractivity contribution in [3.8, 4) is 6.07 Å². The highest BCUT2D eigenvalue weighted by Gasteiger charge is 2.04. The number of nitrogens with one attached hydrogen (secondary N) is 1. The summed E-state index contributed by atoms with van der Waals surface area (Å²) >= 11 is 0. The van der Waals surface area contributed by atoms with Gasteiger partial charge in [-0.25, -0.2) is 0 Å². The number of nitrogens with zero attached hydrogens (tertiary/aromatic N) is 2. The molecule has 0 bridgehead atoms. The van der Waals surface area contributed by atoms with Crippen LogP contribution in [0.5, 0.6) is 0 Å². The van der Waals surface area contributed by atoms with Gasteiger partial charge in [-0.2, -0.15) is 5.26 Å². The summed E-state index contributed by atoms with van der Waals surface area (Å²) in [7, 11) is 0. The predicted octanol–water partition coefficient (Wildman–Crippen LogP) is 2.40. The van der Waals surface area contributed by atoms with E-state index in [2.05, 4.69) is 30.2 Å². The minimum Gasteiger partial charge on any atom is -0.310 e. The zero-order valence-electron chi connectivity index (χ0n) is 10.2. The lowest BCUT2D eigenvalue weighted by Crippen LogP contribution is -2.24. The van der Waals surface area contributed by atoms with Crippen molar-refractivity contribution in [2.75, 3.05) is 0 Å². The van der Waals surface area contributed by atoms with Crippen molar-refractivity contribution in [2.45, 2.75) is 46.2 Å². The minimum atomic E-state index is 0.497. The van der Waals surface area contributed by atoms with E-state index < -0.39 is 0 Å². The maximum atomic E-state index is 8.99. The molecule has 1 rings (SSSR count). The smallest absolute Gasteiger partial charge is 0.101 e. The predicted molar refractivity (Wildman–Crippen MR) is 64.9 cm³/mol. The Morgan fingerprint density at radius 1 is 1.50 bits per heavy atom. The quantitative estimate of drug-likeness (QED) is 0.824. The zero-order chi connectivity index (χ0) is 12.0. The molecule has 16 heavy (non-hydrogen) atoms. The third-order valence-electron chi connectivity index (χ3n) is 2.75. The summed E-state index contributed by atoms with van der Waals surface area (Å²) in [6.45, 7) is 7.09. The fourth-order valence-electron chi connectivity index (χ4n) is 1.45. The highest BCUT2D eigenvalue weighted by Crippen LogP contribution is 2.08. The zero-order valence-corrected chi connectivity index (χ0v) is 10.2. The summed E-state index contributed by atoms with van der Waals surface area (Å²) in [5, 5.41) is 12.4. The Bertz CT molecular complexity index is 379. The molecule has 0 amide bonds. The van der Waals surface area contributed by atoms with Gasteiger partial charge in [0.2, 0.25) is 0 Å². The summed E-state index contributed by atoms with van der Waals surface area (Å²) in [4.78, 5) is 4.31. The Labute approximate surface area is 97.5 Å². The fourth-order valence-corrected chi connectivity index (χ4v) is 1.45. The van der Waals surface area contributed by atoms with Gasteiger partial charge in [0, 0.05) is 18.8 Å². The van der Waals surface area contributed by atoms with Crippen molar-refractivity contribution < 1.29 is 0 Å². The summed E-state index contributed by atoms with van der Waals surface area (Å²) in [6.07, 6.45) is 3.77. The van der Waals surface area contributed by atoms with Gasteiger partial charge in [-0.3, -0.25) is 4.98 Å². The highest BCUT2D eigenvalue weighted by molar-refractivity contribution is 5.35. The third kappa shape index (κ3) is 3.32. The van der Waals surface area contributed by atoms with Gasteiger partial charge >= 0.3 is 0 Å². The fraction of sp³-hybridized carbons (Fsp3) is 0.538. The molecule has 1 atom stereocenters. The number of aryl methyl sites for hydroxylation is 1. The van der Waals surface area contributed by atoms with Crippen molar-refractivity contribution in [3.05, 3.63) is 29.1 Å². The molecule has 1 aromatic heterocycles. The van der Waals surface area contributed by atoms with Crippen LogP contribution in [-0.2, 0) is 13.0 Å². The van der Waals surface area contributed by atoms with E-state index in [9.17, 15) is 0 Å². The topological polar surface area (TPSA) is 48.7 Å². The maximum Gasteiger partial charge on any atom is 0.101 e. The van der Waals surface area contributed by atoms with Crippen LogP contribution in [0.15, 0.2) is 12.3 Å². The Hall–Kier alpha value is -1.40. The molecule has 3 nitrogen and oxygen atoms in total. The van der Waals surface area contributed by atoms with Crippen molar-refractivity contribution in [1.82, 2.24) is 10.3 Å². The summed E-state index contributed by atoms with van der Waals surface area (Å²) in [6, 6.07) is 4.63. The van der Waals surface area contributed by atoms with Gasteiger partial charge in [-0.15, -0.1) is 0 Å². The molecule has 0 radical (unpaired) electrons. The lowest BCUT2D eigenvalue weighted by atomic mass is 10.1. The molecule has 1 N–H and O–H groups in total. The number of rotatable bonds is 5. The van der Waals surface area contributed by atoms with E-state index >= 15 is 0 Å². The Morgan fingerprint density at radius 2 is 2.25 bits per heavy atom. The molecular weight excluding hydrogens is 198 g/mol. The van der Waals surface area contributed by atoms with E-state index in [-0.39, 0.29) is 0 Å². The summed E-state index contributed by atoms with van der Waals surface area (Å²) < 4.78 is 0. The normalized spacial score (nSPS) is 12.1. The molecule has 0 spiro atoms. The first kappa shape index (κ1) is 12.7. The van der Waals surface area contributed by atoms with Crippen LogP contribution in [0.1, 0.15) is 44.0 Å². The number of aromatic nitrogens is 1. The Morgan fingerprint density at radius 3 is 2.81 bits per heavy atom. The lowest BCUT2D eigenvalue weighted by molar-refractivity contribution is 0.533. The van der Waals surface area contributed by atoms with Gasteiger partial charge in [0.25, 0.3) is 0 Å². The first-order valence-electron chi connectivity index (χ1n) is 5.82. The molecule has 86 valence electrons. The average molecular weight is 217 g/mol. The molecule has 3 heteroatoms. The van der Waals surface area contributed by atoms with E-state index in [0.717, 1.165) is 30.6 Å². The Balaban J connectivity index is 2.72. The molecular formula is C13H19N3. The first-order chi connectivity index (χ1) is 7.71. The van der Waals surface area contributed by atoms with Crippen molar-refractivity contribution in [2.24, 2.45) is 0 Å². The van der Waals surface area contributed by atoms with Gasteiger partial charge in [-0.1, -0.05) is 13.8 Å². The second-order valence-corrected chi connectivity index (χ2v) is 3.99. The maximum absolute atomic E-state index is 8.99. The first-order valence-corrected chi connectivity index (χ1v) is 5.82. The van der Waals surface area contributed by atoms with E-state index in [0.29, 0.717) is 11.6 Å². The van der Waals surface area contributed by atoms with Crippen LogP contribution in [-0.4, -0.2) is 11.0 Å². The van der Waals surface area contributed by atoms with E-state index in [1.54, 1.807) is 0 Å². The van der Waals surface area contributed by atoms with Gasteiger partial charge in [0.1, 0.15) is 6.07 Å². The monoisotopic (exact) mass is 217 g/mol. The van der Waals surface area contributed by atoms with Crippen LogP contribution in [0.25, 0.3) is 0 Å². The van der Waals surface area contributed by atoms with Crippen molar-refractivity contribution in [1.29, 1.82) is 5.26 Å². The molecule has 1 heterocycles. The van der Waals surface area contributed by atoms with Crippen LogP contribution in [0, 0.1) is 11.3 Å². The minimum absolute atomic E-state index is 0.497. The van der Waals surface area contributed by atoms with Crippen LogP contribution in [0.2, 0.25) is 0 Å². The molecule has 0 saturated heterocycles. The second-order valence-electron chi connectivity index (χ2n) is 3.99. The molecule has 0 aromatic carbocycles. The van der Waals surface area contributed by atoms with Crippen molar-refractivity contribution >= 4 is 0 Å². The van der Waals surface area contributed by atoms with Gasteiger partial charge in [0.05, 0.1) is 11.3 Å². The summed E-state index contributed by atoms with van der Waals surface area (Å²) in [5.74, 6) is 0. The number of hydrogen-bond donors (Lipinski definition) is 1. The largest absolute Gasteiger partial charge is 0.310 e. The van der Waals surface area contributed by atoms with Crippen LogP contribution in [0.3, 0.4) is 0 Å². The SMILES string of the molecule is CCc1ncc(CN[C@H](C)CC)cc1C#N. The molecule has 0 unspecified atom stereocenters. The van der Waals surface area contributed by atoms with Gasteiger partial charge in [0.15, 0.2) is 0 Å². The Kier molecular flexibility index (Phi) is 4.94. The van der Waals surface area contributed by atoms with E-state index in [1.807, 2.05) is 19.2 Å². The van der Waals surface area contributed by atoms with E-state index in [4.69, 9.17) is 5.26 Å². The van der Waals surface area contributed by atoms with Crippen molar-refractivity contribution in [3.63, 3.8) is 0 Å². The van der Waals surface area contributed by atoms with Gasteiger partial charge in [-0.05, 0) is 31.4 Å². The lowest BCUT2D eigenvalue weighted by Gasteiger charge is -2.11. The molecule has 1 aromatic rings. The number of pyridine rings is 1. The van der Waals surface area contributed by atoms with Crippen LogP contribution in [0.4, 0.5) is 0 Å². The average Bonchev–Trinajstić information content (AvgIpc) is 2.35. The number of nitriles is 1. The van der Waals surface area contributed by atoms with Crippen LogP contribution < -0.4 is 5.32 Å². The molecule has 0 saturated carbocycles. The molecule has 0 aliphatic carbocycles. The second kappa shape index (κ2) is 6.24.